The molecule has 0 saturated carbocycles. The lowest BCUT2D eigenvalue weighted by Gasteiger charge is -2.23. The Kier molecular flexibility index (Phi) is 5.46. The second kappa shape index (κ2) is 8.14. The summed E-state index contributed by atoms with van der Waals surface area (Å²) in [5, 5.41) is 5.12. The number of hydrogen-bond acceptors (Lipinski definition) is 7. The van der Waals surface area contributed by atoms with E-state index in [1.54, 1.807) is 35.1 Å². The van der Waals surface area contributed by atoms with Gasteiger partial charge in [-0.25, -0.2) is 15.0 Å². The van der Waals surface area contributed by atoms with Crippen LogP contribution in [0.15, 0.2) is 41.4 Å². The summed E-state index contributed by atoms with van der Waals surface area (Å²) >= 11 is 3.41. The van der Waals surface area contributed by atoms with Crippen molar-refractivity contribution < 1.29 is 4.74 Å². The molecule has 1 aliphatic rings. The SMILES string of the molecule is c1cnc(-c2nc(CN(Cc3cccs3)C[C@H]3CCCO3)cs2)nc1. The van der Waals surface area contributed by atoms with E-state index in [1.807, 2.05) is 6.07 Å². The van der Waals surface area contributed by atoms with E-state index in [1.165, 1.54) is 11.3 Å². The van der Waals surface area contributed by atoms with Crippen LogP contribution in [0.5, 0.6) is 0 Å². The first-order valence-electron chi connectivity index (χ1n) is 8.45. The van der Waals surface area contributed by atoms with E-state index in [9.17, 15) is 0 Å². The Morgan fingerprint density at radius 1 is 1.16 bits per heavy atom. The van der Waals surface area contributed by atoms with Gasteiger partial charge in [0.05, 0.1) is 11.8 Å². The van der Waals surface area contributed by atoms with Crippen LogP contribution in [0.4, 0.5) is 0 Å². The largest absolute Gasteiger partial charge is 0.377 e. The zero-order chi connectivity index (χ0) is 16.9. The molecule has 3 aromatic rings. The smallest absolute Gasteiger partial charge is 0.188 e. The first kappa shape index (κ1) is 16.8. The summed E-state index contributed by atoms with van der Waals surface area (Å²) < 4.78 is 5.84. The minimum Gasteiger partial charge on any atom is -0.377 e. The van der Waals surface area contributed by atoms with Crippen LogP contribution < -0.4 is 0 Å². The second-order valence-electron chi connectivity index (χ2n) is 6.10. The standard InChI is InChI=1S/C18H20N4OS2/c1-4-15(23-8-1)11-22(12-16-5-2-9-24-16)10-14-13-25-18(21-14)17-19-6-3-7-20-17/h2-3,5-7,9,13,15H,1,4,8,10-12H2/t15-/m1/s1. The number of aromatic nitrogens is 3. The van der Waals surface area contributed by atoms with Gasteiger partial charge in [0, 0.05) is 48.9 Å². The summed E-state index contributed by atoms with van der Waals surface area (Å²) in [6.45, 7) is 3.60. The molecule has 0 N–H and O–H groups in total. The topological polar surface area (TPSA) is 51.1 Å². The van der Waals surface area contributed by atoms with Crippen molar-refractivity contribution >= 4 is 22.7 Å². The van der Waals surface area contributed by atoms with E-state index < -0.39 is 0 Å². The molecular weight excluding hydrogens is 352 g/mol. The molecule has 0 spiro atoms. The molecular formula is C18H20N4OS2. The van der Waals surface area contributed by atoms with Crippen molar-refractivity contribution in [2.24, 2.45) is 0 Å². The van der Waals surface area contributed by atoms with Gasteiger partial charge in [0.1, 0.15) is 0 Å². The molecule has 0 aliphatic carbocycles. The predicted octanol–water partition coefficient (Wildman–Crippen LogP) is 3.84. The lowest BCUT2D eigenvalue weighted by atomic mass is 10.2. The number of ether oxygens (including phenoxy) is 1. The lowest BCUT2D eigenvalue weighted by molar-refractivity contribution is 0.0679. The third-order valence-corrected chi connectivity index (χ3v) is 5.89. The third kappa shape index (κ3) is 4.49. The summed E-state index contributed by atoms with van der Waals surface area (Å²) in [5.74, 6) is 0.697. The monoisotopic (exact) mass is 372 g/mol. The molecule has 0 unspecified atom stereocenters. The lowest BCUT2D eigenvalue weighted by Crippen LogP contribution is -2.31. The number of nitrogens with zero attached hydrogens (tertiary/aromatic N) is 4. The van der Waals surface area contributed by atoms with Crippen molar-refractivity contribution in [3.8, 4) is 10.8 Å². The van der Waals surface area contributed by atoms with Gasteiger partial charge in [-0.15, -0.1) is 22.7 Å². The van der Waals surface area contributed by atoms with Crippen molar-refractivity contribution in [3.05, 3.63) is 51.9 Å². The number of hydrogen-bond donors (Lipinski definition) is 0. The molecule has 1 atom stereocenters. The molecule has 4 heterocycles. The van der Waals surface area contributed by atoms with Crippen LogP contribution in [0.25, 0.3) is 10.8 Å². The first-order chi connectivity index (χ1) is 12.4. The van der Waals surface area contributed by atoms with Gasteiger partial charge in [0.25, 0.3) is 0 Å². The molecule has 0 amide bonds. The van der Waals surface area contributed by atoms with Gasteiger partial charge in [-0.05, 0) is 30.4 Å². The van der Waals surface area contributed by atoms with Gasteiger partial charge < -0.3 is 4.74 Å². The highest BCUT2D eigenvalue weighted by atomic mass is 32.1. The molecule has 7 heteroatoms. The van der Waals surface area contributed by atoms with E-state index >= 15 is 0 Å². The van der Waals surface area contributed by atoms with Crippen LogP contribution in [0.2, 0.25) is 0 Å². The highest BCUT2D eigenvalue weighted by Gasteiger charge is 2.20. The highest BCUT2D eigenvalue weighted by Crippen LogP contribution is 2.23. The molecule has 25 heavy (non-hydrogen) atoms. The van der Waals surface area contributed by atoms with Crippen LogP contribution >= 0.6 is 22.7 Å². The number of thiophene rings is 1. The van der Waals surface area contributed by atoms with Crippen LogP contribution in [0.3, 0.4) is 0 Å². The molecule has 0 bridgehead atoms. The van der Waals surface area contributed by atoms with E-state index in [0.29, 0.717) is 11.9 Å². The Hall–Kier alpha value is -1.67. The van der Waals surface area contributed by atoms with Gasteiger partial charge in [0.2, 0.25) is 0 Å². The van der Waals surface area contributed by atoms with E-state index in [4.69, 9.17) is 9.72 Å². The van der Waals surface area contributed by atoms with Crippen molar-refractivity contribution in [1.29, 1.82) is 0 Å². The van der Waals surface area contributed by atoms with Crippen LogP contribution in [0.1, 0.15) is 23.4 Å². The maximum Gasteiger partial charge on any atom is 0.188 e. The second-order valence-corrected chi connectivity index (χ2v) is 7.99. The van der Waals surface area contributed by atoms with Gasteiger partial charge in [-0.3, -0.25) is 4.90 Å². The number of rotatable bonds is 7. The molecule has 5 nitrogen and oxygen atoms in total. The Morgan fingerprint density at radius 3 is 2.84 bits per heavy atom. The fourth-order valence-corrected chi connectivity index (χ4v) is 4.51. The summed E-state index contributed by atoms with van der Waals surface area (Å²) in [5.41, 5.74) is 1.07. The highest BCUT2D eigenvalue weighted by molar-refractivity contribution is 7.13. The van der Waals surface area contributed by atoms with Crippen molar-refractivity contribution in [3.63, 3.8) is 0 Å². The third-order valence-electron chi connectivity index (χ3n) is 4.14. The average molecular weight is 373 g/mol. The maximum atomic E-state index is 5.84. The van der Waals surface area contributed by atoms with Gasteiger partial charge in [0.15, 0.2) is 10.8 Å². The van der Waals surface area contributed by atoms with E-state index in [2.05, 4.69) is 37.8 Å². The van der Waals surface area contributed by atoms with Crippen LogP contribution in [-0.2, 0) is 17.8 Å². The number of thiazole rings is 1. The maximum absolute atomic E-state index is 5.84. The Labute approximate surface area is 155 Å². The normalized spacial score (nSPS) is 17.4. The first-order valence-corrected chi connectivity index (χ1v) is 10.2. The minimum atomic E-state index is 0.343. The molecule has 0 radical (unpaired) electrons. The predicted molar refractivity (Wildman–Crippen MR) is 101 cm³/mol. The van der Waals surface area contributed by atoms with Crippen LogP contribution in [-0.4, -0.2) is 39.1 Å². The quantitative estimate of drug-likeness (QED) is 0.631. The van der Waals surface area contributed by atoms with Gasteiger partial charge >= 0.3 is 0 Å². The molecule has 3 aromatic heterocycles. The summed E-state index contributed by atoms with van der Waals surface area (Å²) in [4.78, 5) is 17.1. The van der Waals surface area contributed by atoms with E-state index in [-0.39, 0.29) is 0 Å². The minimum absolute atomic E-state index is 0.343. The van der Waals surface area contributed by atoms with Crippen molar-refractivity contribution in [1.82, 2.24) is 19.9 Å². The average Bonchev–Trinajstić information content (AvgIpc) is 3.38. The fourth-order valence-electron chi connectivity index (χ4n) is 3.01. The van der Waals surface area contributed by atoms with E-state index in [0.717, 1.165) is 43.4 Å². The van der Waals surface area contributed by atoms with Crippen molar-refractivity contribution in [2.75, 3.05) is 13.2 Å². The Bertz CT molecular complexity index is 769. The molecule has 1 aliphatic heterocycles. The fraction of sp³-hybridized carbons (Fsp3) is 0.389. The molecule has 1 fully saturated rings. The van der Waals surface area contributed by atoms with Gasteiger partial charge in [-0.2, -0.15) is 0 Å². The molecule has 130 valence electrons. The molecule has 4 rings (SSSR count). The van der Waals surface area contributed by atoms with Crippen LogP contribution in [0, 0.1) is 0 Å². The zero-order valence-electron chi connectivity index (χ0n) is 13.9. The Morgan fingerprint density at radius 2 is 2.08 bits per heavy atom. The zero-order valence-corrected chi connectivity index (χ0v) is 15.5. The summed E-state index contributed by atoms with van der Waals surface area (Å²) in [6.07, 6.45) is 6.18. The molecule has 0 aromatic carbocycles. The van der Waals surface area contributed by atoms with Crippen molar-refractivity contribution in [2.45, 2.75) is 32.0 Å². The Balaban J connectivity index is 1.46. The molecule has 1 saturated heterocycles. The van der Waals surface area contributed by atoms with Gasteiger partial charge in [-0.1, -0.05) is 6.07 Å². The summed E-state index contributed by atoms with van der Waals surface area (Å²) in [7, 11) is 0. The summed E-state index contributed by atoms with van der Waals surface area (Å²) in [6, 6.07) is 6.12.